The fourth-order valence-corrected chi connectivity index (χ4v) is 2.76. The average Bonchev–Trinajstić information content (AvgIpc) is 2.67. The monoisotopic (exact) mass is 210 g/mol. The van der Waals surface area contributed by atoms with E-state index in [1.165, 1.54) is 30.7 Å². The van der Waals surface area contributed by atoms with Gasteiger partial charge in [0, 0.05) is 24.2 Å². The second-order valence-electron chi connectivity index (χ2n) is 4.28. The number of nitrogens with zero attached hydrogens (tertiary/aromatic N) is 1. The first kappa shape index (κ1) is 10.1. The molecule has 0 aromatic carbocycles. The molecule has 0 amide bonds. The van der Waals surface area contributed by atoms with Gasteiger partial charge in [-0.05, 0) is 18.8 Å². The van der Waals surface area contributed by atoms with E-state index < -0.39 is 0 Å². The Morgan fingerprint density at radius 1 is 1.57 bits per heavy atom. The maximum atomic E-state index is 4.28. The van der Waals surface area contributed by atoms with Gasteiger partial charge in [-0.1, -0.05) is 19.8 Å². The Kier molecular flexibility index (Phi) is 3.54. The molecule has 1 fully saturated rings. The third-order valence-corrected chi connectivity index (χ3v) is 3.74. The van der Waals surface area contributed by atoms with Crippen molar-refractivity contribution in [2.45, 2.75) is 45.2 Å². The Bertz CT molecular complexity index is 258. The van der Waals surface area contributed by atoms with Crippen molar-refractivity contribution in [2.24, 2.45) is 5.92 Å². The lowest BCUT2D eigenvalue weighted by Crippen LogP contribution is -2.32. The molecular weight excluding hydrogens is 192 g/mol. The molecule has 0 bridgehead atoms. The van der Waals surface area contributed by atoms with Crippen LogP contribution in [0, 0.1) is 5.92 Å². The van der Waals surface area contributed by atoms with E-state index in [-0.39, 0.29) is 0 Å². The summed E-state index contributed by atoms with van der Waals surface area (Å²) in [4.78, 5) is 4.28. The van der Waals surface area contributed by atoms with Crippen molar-refractivity contribution in [3.63, 3.8) is 0 Å². The van der Waals surface area contributed by atoms with Gasteiger partial charge in [-0.25, -0.2) is 4.98 Å². The number of rotatable bonds is 3. The van der Waals surface area contributed by atoms with Crippen LogP contribution in [0.1, 0.15) is 37.6 Å². The molecule has 3 heteroatoms. The fourth-order valence-electron chi connectivity index (χ4n) is 2.19. The first-order valence-electron chi connectivity index (χ1n) is 5.46. The SMILES string of the molecule is CC1CCCC(NCc2nccs2)C1. The molecule has 14 heavy (non-hydrogen) atoms. The highest BCUT2D eigenvalue weighted by Crippen LogP contribution is 2.23. The molecule has 1 aliphatic rings. The molecule has 2 rings (SSSR count). The minimum Gasteiger partial charge on any atom is -0.308 e. The van der Waals surface area contributed by atoms with Crippen LogP contribution >= 0.6 is 11.3 Å². The normalized spacial score (nSPS) is 27.8. The first-order valence-corrected chi connectivity index (χ1v) is 6.34. The predicted molar refractivity (Wildman–Crippen MR) is 60.4 cm³/mol. The van der Waals surface area contributed by atoms with Crippen LogP contribution in [-0.2, 0) is 6.54 Å². The van der Waals surface area contributed by atoms with E-state index in [0.717, 1.165) is 18.5 Å². The highest BCUT2D eigenvalue weighted by molar-refractivity contribution is 7.09. The van der Waals surface area contributed by atoms with Gasteiger partial charge in [-0.15, -0.1) is 11.3 Å². The molecule has 0 radical (unpaired) electrons. The molecule has 1 aromatic heterocycles. The Morgan fingerprint density at radius 3 is 3.21 bits per heavy atom. The van der Waals surface area contributed by atoms with E-state index in [4.69, 9.17) is 0 Å². The largest absolute Gasteiger partial charge is 0.308 e. The summed E-state index contributed by atoms with van der Waals surface area (Å²) in [5.74, 6) is 0.901. The van der Waals surface area contributed by atoms with Crippen LogP contribution in [0.15, 0.2) is 11.6 Å². The smallest absolute Gasteiger partial charge is 0.106 e. The van der Waals surface area contributed by atoms with E-state index in [1.807, 2.05) is 11.6 Å². The standard InChI is InChI=1S/C11H18N2S/c1-9-3-2-4-10(7-9)13-8-11-12-5-6-14-11/h5-6,9-10,13H,2-4,7-8H2,1H3. The van der Waals surface area contributed by atoms with Gasteiger partial charge in [0.05, 0.1) is 0 Å². The molecule has 1 saturated carbocycles. The molecule has 0 aliphatic heterocycles. The highest BCUT2D eigenvalue weighted by Gasteiger charge is 2.18. The molecule has 78 valence electrons. The highest BCUT2D eigenvalue weighted by atomic mass is 32.1. The van der Waals surface area contributed by atoms with Crippen molar-refractivity contribution in [3.8, 4) is 0 Å². The number of hydrogen-bond acceptors (Lipinski definition) is 3. The van der Waals surface area contributed by atoms with Crippen LogP contribution in [0.25, 0.3) is 0 Å². The minimum atomic E-state index is 0.725. The van der Waals surface area contributed by atoms with Crippen LogP contribution < -0.4 is 5.32 Å². The molecule has 1 N–H and O–H groups in total. The predicted octanol–water partition coefficient (Wildman–Crippen LogP) is 2.81. The topological polar surface area (TPSA) is 24.9 Å². The van der Waals surface area contributed by atoms with E-state index >= 15 is 0 Å². The summed E-state index contributed by atoms with van der Waals surface area (Å²) in [6, 6.07) is 0.725. The number of nitrogens with one attached hydrogen (secondary N) is 1. The number of thiazole rings is 1. The fraction of sp³-hybridized carbons (Fsp3) is 0.727. The molecule has 2 atom stereocenters. The van der Waals surface area contributed by atoms with Crippen molar-refractivity contribution < 1.29 is 0 Å². The van der Waals surface area contributed by atoms with Gasteiger partial charge in [-0.3, -0.25) is 0 Å². The second-order valence-corrected chi connectivity index (χ2v) is 5.25. The van der Waals surface area contributed by atoms with Crippen molar-refractivity contribution in [2.75, 3.05) is 0 Å². The van der Waals surface area contributed by atoms with E-state index in [1.54, 1.807) is 11.3 Å². The lowest BCUT2D eigenvalue weighted by molar-refractivity contribution is 0.300. The maximum absolute atomic E-state index is 4.28. The summed E-state index contributed by atoms with van der Waals surface area (Å²) in [7, 11) is 0. The molecule has 1 heterocycles. The van der Waals surface area contributed by atoms with E-state index in [0.29, 0.717) is 0 Å². The van der Waals surface area contributed by atoms with Crippen molar-refractivity contribution in [1.82, 2.24) is 10.3 Å². The molecule has 1 aliphatic carbocycles. The Labute approximate surface area is 89.8 Å². The van der Waals surface area contributed by atoms with E-state index in [9.17, 15) is 0 Å². The second kappa shape index (κ2) is 4.89. The minimum absolute atomic E-state index is 0.725. The van der Waals surface area contributed by atoms with Crippen molar-refractivity contribution in [1.29, 1.82) is 0 Å². The lowest BCUT2D eigenvalue weighted by atomic mass is 9.87. The van der Waals surface area contributed by atoms with Crippen LogP contribution in [0.2, 0.25) is 0 Å². The molecule has 2 nitrogen and oxygen atoms in total. The summed E-state index contributed by atoms with van der Waals surface area (Å²) in [5, 5.41) is 6.86. The van der Waals surface area contributed by atoms with E-state index in [2.05, 4.69) is 17.2 Å². The summed E-state index contributed by atoms with van der Waals surface area (Å²) < 4.78 is 0. The van der Waals surface area contributed by atoms with Gasteiger partial charge in [0.2, 0.25) is 0 Å². The Hall–Kier alpha value is -0.410. The van der Waals surface area contributed by atoms with Gasteiger partial charge < -0.3 is 5.32 Å². The summed E-state index contributed by atoms with van der Waals surface area (Å²) in [6.07, 6.45) is 7.36. The molecular formula is C11H18N2S. The lowest BCUT2D eigenvalue weighted by Gasteiger charge is -2.27. The van der Waals surface area contributed by atoms with Crippen LogP contribution in [0.4, 0.5) is 0 Å². The Balaban J connectivity index is 1.75. The van der Waals surface area contributed by atoms with Gasteiger partial charge in [0.25, 0.3) is 0 Å². The maximum Gasteiger partial charge on any atom is 0.106 e. The molecule has 2 unspecified atom stereocenters. The van der Waals surface area contributed by atoms with Crippen LogP contribution in [-0.4, -0.2) is 11.0 Å². The number of hydrogen-bond donors (Lipinski definition) is 1. The van der Waals surface area contributed by atoms with Gasteiger partial charge in [0.15, 0.2) is 0 Å². The molecule has 1 aromatic rings. The van der Waals surface area contributed by atoms with Crippen molar-refractivity contribution >= 4 is 11.3 Å². The third-order valence-electron chi connectivity index (χ3n) is 2.96. The molecule has 0 saturated heterocycles. The zero-order chi connectivity index (χ0) is 9.80. The van der Waals surface area contributed by atoms with Gasteiger partial charge >= 0.3 is 0 Å². The Morgan fingerprint density at radius 2 is 2.50 bits per heavy atom. The summed E-state index contributed by atoms with van der Waals surface area (Å²) in [5.41, 5.74) is 0. The van der Waals surface area contributed by atoms with Gasteiger partial charge in [0.1, 0.15) is 5.01 Å². The quantitative estimate of drug-likeness (QED) is 0.830. The molecule has 0 spiro atoms. The third kappa shape index (κ3) is 2.79. The van der Waals surface area contributed by atoms with Crippen molar-refractivity contribution in [3.05, 3.63) is 16.6 Å². The van der Waals surface area contributed by atoms with Gasteiger partial charge in [-0.2, -0.15) is 0 Å². The summed E-state index contributed by atoms with van der Waals surface area (Å²) in [6.45, 7) is 3.31. The first-order chi connectivity index (χ1) is 6.84. The van der Waals surface area contributed by atoms with Crippen LogP contribution in [0.5, 0.6) is 0 Å². The summed E-state index contributed by atoms with van der Waals surface area (Å²) >= 11 is 1.74. The average molecular weight is 210 g/mol. The zero-order valence-electron chi connectivity index (χ0n) is 8.70. The number of aromatic nitrogens is 1. The van der Waals surface area contributed by atoms with Crippen LogP contribution in [0.3, 0.4) is 0 Å². The zero-order valence-corrected chi connectivity index (χ0v) is 9.52.